The molecule has 70 heavy (non-hydrogen) atoms. The molecule has 0 amide bonds. The Morgan fingerprint density at radius 2 is 0.957 bits per heavy atom. The van der Waals surface area contributed by atoms with E-state index in [0.29, 0.717) is 5.56 Å². The maximum absolute atomic E-state index is 10.3. The summed E-state index contributed by atoms with van der Waals surface area (Å²) in [4.78, 5) is 4.77. The Labute approximate surface area is 403 Å². The molecular weight excluding hydrogens is 855 g/mol. The molecule has 5 heteroatoms. The molecule has 0 fully saturated rings. The molecule has 0 aliphatic heterocycles. The van der Waals surface area contributed by atoms with Gasteiger partial charge in [0.25, 0.3) is 0 Å². The molecule has 0 saturated carbocycles. The maximum Gasteiger partial charge on any atom is 0.159 e. The van der Waals surface area contributed by atoms with Crippen LogP contribution in [0, 0.1) is 11.3 Å². The van der Waals surface area contributed by atoms with Gasteiger partial charge in [-0.25, -0.2) is 0 Å². The van der Waals surface area contributed by atoms with Crippen LogP contribution in [0.4, 0.5) is 34.1 Å². The van der Waals surface area contributed by atoms with Crippen LogP contribution in [0.2, 0.25) is 0 Å². The lowest BCUT2D eigenvalue weighted by Gasteiger charge is -2.31. The lowest BCUT2D eigenvalue weighted by molar-refractivity contribution is 0.596. The van der Waals surface area contributed by atoms with Gasteiger partial charge in [-0.05, 0) is 106 Å². The smallest absolute Gasteiger partial charge is 0.159 e. The third kappa shape index (κ3) is 6.10. The minimum Gasteiger partial charge on any atom is -0.454 e. The van der Waals surface area contributed by atoms with E-state index in [4.69, 9.17) is 8.83 Å². The van der Waals surface area contributed by atoms with E-state index in [0.717, 1.165) is 129 Å². The van der Waals surface area contributed by atoms with Crippen molar-refractivity contribution in [2.75, 3.05) is 9.80 Å². The summed E-state index contributed by atoms with van der Waals surface area (Å²) in [6, 6.07) is 77.7. The Morgan fingerprint density at radius 3 is 1.66 bits per heavy atom. The van der Waals surface area contributed by atoms with Crippen molar-refractivity contribution in [3.63, 3.8) is 0 Å². The normalized spacial score (nSPS) is 12.4. The van der Waals surface area contributed by atoms with Crippen molar-refractivity contribution in [3.05, 3.63) is 235 Å². The van der Waals surface area contributed by atoms with E-state index in [9.17, 15) is 5.26 Å². The van der Waals surface area contributed by atoms with Crippen LogP contribution in [-0.2, 0) is 6.42 Å². The average molecular weight is 896 g/mol. The van der Waals surface area contributed by atoms with Crippen LogP contribution in [0.3, 0.4) is 0 Å². The summed E-state index contributed by atoms with van der Waals surface area (Å²) >= 11 is 0. The van der Waals surface area contributed by atoms with Crippen LogP contribution >= 0.6 is 0 Å². The molecule has 0 radical (unpaired) electrons. The maximum atomic E-state index is 10.3. The predicted molar refractivity (Wildman–Crippen MR) is 290 cm³/mol. The highest BCUT2D eigenvalue weighted by Gasteiger charge is 2.28. The fraction of sp³-hybridized carbons (Fsp3) is 0.0308. The number of allylic oxidation sites excluding steroid dienone is 1. The van der Waals surface area contributed by atoms with Gasteiger partial charge in [-0.2, -0.15) is 5.26 Å². The first-order chi connectivity index (χ1) is 34.7. The largest absolute Gasteiger partial charge is 0.454 e. The predicted octanol–water partition coefficient (Wildman–Crippen LogP) is 18.3. The number of hydrogen-bond donors (Lipinski definition) is 0. The number of para-hydroxylation sites is 4. The molecule has 0 N–H and O–H groups in total. The minimum absolute atomic E-state index is 0.596. The number of furan rings is 2. The number of rotatable bonds is 8. The SMILES string of the molecule is N#Cc1ccc(N(c2ccc3ccc4c(N(c5ccccc5-c5ccccc5)c5cccc6c5oc5ccccc56)ccc5ccc2c3c54)c2cccc3c4c(oc23)C=CCC4)c(-c2ccccc2)c1. The Bertz CT molecular complexity index is 4270. The summed E-state index contributed by atoms with van der Waals surface area (Å²) in [5.74, 6) is 0.913. The molecule has 11 aromatic carbocycles. The van der Waals surface area contributed by atoms with Gasteiger partial charge in [-0.1, -0.05) is 164 Å². The van der Waals surface area contributed by atoms with Crippen molar-refractivity contribution in [2.24, 2.45) is 0 Å². The molecule has 0 atom stereocenters. The Kier molecular flexibility index (Phi) is 9.02. The van der Waals surface area contributed by atoms with Gasteiger partial charge in [0.05, 0.1) is 45.8 Å². The summed E-state index contributed by atoms with van der Waals surface area (Å²) in [6.07, 6.45) is 6.22. The van der Waals surface area contributed by atoms with Gasteiger partial charge in [0.2, 0.25) is 0 Å². The van der Waals surface area contributed by atoms with Gasteiger partial charge in [0, 0.05) is 43.6 Å². The molecule has 0 bridgehead atoms. The van der Waals surface area contributed by atoms with Crippen molar-refractivity contribution in [3.8, 4) is 28.3 Å². The third-order valence-corrected chi connectivity index (χ3v) is 14.3. The van der Waals surface area contributed by atoms with E-state index < -0.39 is 0 Å². The minimum atomic E-state index is 0.596. The van der Waals surface area contributed by atoms with Crippen molar-refractivity contribution in [2.45, 2.75) is 12.8 Å². The zero-order chi connectivity index (χ0) is 46.3. The number of nitrogens with zero attached hydrogens (tertiary/aromatic N) is 3. The van der Waals surface area contributed by atoms with Crippen molar-refractivity contribution >= 4 is 105 Å². The molecule has 13 aromatic rings. The Hall–Kier alpha value is -9.37. The topological polar surface area (TPSA) is 56.6 Å². The number of benzene rings is 11. The van der Waals surface area contributed by atoms with Crippen LogP contribution in [0.25, 0.3) is 93.6 Å². The van der Waals surface area contributed by atoms with Crippen LogP contribution in [0.1, 0.15) is 23.3 Å². The zero-order valence-corrected chi connectivity index (χ0v) is 37.9. The van der Waals surface area contributed by atoms with Crippen molar-refractivity contribution in [1.82, 2.24) is 0 Å². The Morgan fingerprint density at radius 1 is 0.414 bits per heavy atom. The second kappa shape index (κ2) is 15.9. The first-order valence-corrected chi connectivity index (χ1v) is 23.9. The van der Waals surface area contributed by atoms with Gasteiger partial charge < -0.3 is 18.6 Å². The molecule has 5 nitrogen and oxygen atoms in total. The standard InChI is InChI=1S/C65H41N3O2/c66-40-41-29-36-57(53(39-41)43-17-5-2-6-18-43)68(59-26-14-23-50-48-21-9-12-28-61(48)70-65(50)59)56-38-33-45-30-34-51-55(37-32-44-31-35-52(56)63(45)62(44)51)67(54-24-10-7-19-46(54)42-15-3-1-4-16-42)58-25-13-22-49-47-20-8-11-27-60(47)69-64(49)58/h1-8,10-20,22-39H,9,21H2. The quantitative estimate of drug-likeness (QED) is 0.142. The van der Waals surface area contributed by atoms with E-state index in [1.807, 2.05) is 24.3 Å². The monoisotopic (exact) mass is 895 g/mol. The molecule has 0 spiro atoms. The van der Waals surface area contributed by atoms with Crippen LogP contribution in [-0.4, -0.2) is 0 Å². The average Bonchev–Trinajstić information content (AvgIpc) is 4.02. The molecular formula is C65H41N3O2. The first kappa shape index (κ1) is 39.8. The molecule has 1 aliphatic rings. The lowest BCUT2D eigenvalue weighted by Crippen LogP contribution is -2.13. The van der Waals surface area contributed by atoms with Gasteiger partial charge in [0.1, 0.15) is 11.3 Å². The molecule has 328 valence electrons. The molecule has 2 aromatic heterocycles. The summed E-state index contributed by atoms with van der Waals surface area (Å²) < 4.78 is 13.7. The van der Waals surface area contributed by atoms with Crippen LogP contribution in [0.15, 0.2) is 227 Å². The van der Waals surface area contributed by atoms with Gasteiger partial charge >= 0.3 is 0 Å². The van der Waals surface area contributed by atoms with Gasteiger partial charge in [0.15, 0.2) is 11.2 Å². The van der Waals surface area contributed by atoms with Crippen LogP contribution < -0.4 is 9.80 Å². The van der Waals surface area contributed by atoms with E-state index in [1.165, 1.54) is 16.3 Å². The van der Waals surface area contributed by atoms with Crippen molar-refractivity contribution < 1.29 is 8.83 Å². The highest BCUT2D eigenvalue weighted by molar-refractivity contribution is 6.29. The fourth-order valence-electron chi connectivity index (χ4n) is 11.2. The fourth-order valence-corrected chi connectivity index (χ4v) is 11.2. The summed E-state index contributed by atoms with van der Waals surface area (Å²) in [6.45, 7) is 0. The van der Waals surface area contributed by atoms with E-state index >= 15 is 0 Å². The summed E-state index contributed by atoms with van der Waals surface area (Å²) in [5.41, 5.74) is 14.5. The second-order valence-electron chi connectivity index (χ2n) is 18.1. The summed E-state index contributed by atoms with van der Waals surface area (Å²) in [7, 11) is 0. The molecule has 2 heterocycles. The van der Waals surface area contributed by atoms with E-state index in [-0.39, 0.29) is 0 Å². The molecule has 14 rings (SSSR count). The van der Waals surface area contributed by atoms with Gasteiger partial charge in [-0.15, -0.1) is 0 Å². The summed E-state index contributed by atoms with van der Waals surface area (Å²) in [5, 5.41) is 20.4. The zero-order valence-electron chi connectivity index (χ0n) is 37.9. The number of hydrogen-bond acceptors (Lipinski definition) is 5. The van der Waals surface area contributed by atoms with Gasteiger partial charge in [-0.3, -0.25) is 0 Å². The highest BCUT2D eigenvalue weighted by atomic mass is 16.3. The highest BCUT2D eigenvalue weighted by Crippen LogP contribution is 2.52. The first-order valence-electron chi connectivity index (χ1n) is 23.9. The van der Waals surface area contributed by atoms with E-state index in [1.54, 1.807) is 0 Å². The lowest BCUT2D eigenvalue weighted by atomic mass is 9.91. The third-order valence-electron chi connectivity index (χ3n) is 14.3. The number of anilines is 6. The second-order valence-corrected chi connectivity index (χ2v) is 18.1. The molecule has 0 saturated heterocycles. The van der Waals surface area contributed by atoms with Crippen LogP contribution in [0.5, 0.6) is 0 Å². The number of aryl methyl sites for hydroxylation is 1. The van der Waals surface area contributed by atoms with E-state index in [2.05, 4.69) is 216 Å². The number of nitriles is 1. The number of fused-ring (bicyclic) bond motifs is 6. The van der Waals surface area contributed by atoms with Crippen molar-refractivity contribution in [1.29, 1.82) is 5.26 Å². The molecule has 0 unspecified atom stereocenters. The molecule has 1 aliphatic carbocycles. The Balaban J connectivity index is 1.06.